The van der Waals surface area contributed by atoms with Crippen LogP contribution in [0.5, 0.6) is 0 Å². The van der Waals surface area contributed by atoms with Crippen LogP contribution in [0.1, 0.15) is 11.4 Å². The Morgan fingerprint density at radius 1 is 1.17 bits per heavy atom. The molecule has 116 valence electrons. The fourth-order valence-corrected chi connectivity index (χ4v) is 3.40. The predicted molar refractivity (Wildman–Crippen MR) is 97.2 cm³/mol. The van der Waals surface area contributed by atoms with E-state index < -0.39 is 0 Å². The van der Waals surface area contributed by atoms with Gasteiger partial charge in [-0.1, -0.05) is 47.4 Å². The first-order valence-electron chi connectivity index (χ1n) is 6.73. The van der Waals surface area contributed by atoms with E-state index in [0.717, 1.165) is 0 Å². The van der Waals surface area contributed by atoms with Crippen molar-refractivity contribution in [2.45, 2.75) is 6.92 Å². The van der Waals surface area contributed by atoms with Gasteiger partial charge in [-0.25, -0.2) is 0 Å². The lowest BCUT2D eigenvalue weighted by molar-refractivity contribution is 1.02. The van der Waals surface area contributed by atoms with Crippen molar-refractivity contribution in [3.63, 3.8) is 0 Å². The Hall–Kier alpha value is -1.81. The highest BCUT2D eigenvalue weighted by Crippen LogP contribution is 2.34. The van der Waals surface area contributed by atoms with Crippen molar-refractivity contribution >= 4 is 51.8 Å². The van der Waals surface area contributed by atoms with E-state index in [1.165, 1.54) is 18.3 Å². The van der Waals surface area contributed by atoms with Crippen molar-refractivity contribution in [2.24, 2.45) is 0 Å². The average molecular weight is 366 g/mol. The quantitative estimate of drug-likeness (QED) is 0.618. The zero-order valence-corrected chi connectivity index (χ0v) is 14.4. The number of fused-ring (bicyclic) bond motifs is 1. The van der Waals surface area contributed by atoms with Crippen molar-refractivity contribution < 1.29 is 0 Å². The zero-order chi connectivity index (χ0) is 16.7. The van der Waals surface area contributed by atoms with Crippen molar-refractivity contribution in [1.82, 2.24) is 9.55 Å². The van der Waals surface area contributed by atoms with Crippen LogP contribution in [0.3, 0.4) is 0 Å². The van der Waals surface area contributed by atoms with Gasteiger partial charge in [-0.05, 0) is 25.1 Å². The number of hydrogen-bond acceptors (Lipinski definition) is 2. The molecular formula is C17H11Cl3N2O. The van der Waals surface area contributed by atoms with Gasteiger partial charge in [-0.3, -0.25) is 9.78 Å². The summed E-state index contributed by atoms with van der Waals surface area (Å²) in [5.74, 6) is 0. The van der Waals surface area contributed by atoms with Gasteiger partial charge in [0.2, 0.25) is 0 Å². The number of halogens is 3. The molecule has 1 aromatic carbocycles. The molecule has 0 fully saturated rings. The summed E-state index contributed by atoms with van der Waals surface area (Å²) < 4.78 is 1.78. The summed E-state index contributed by atoms with van der Waals surface area (Å²) >= 11 is 19.0. The third-order valence-electron chi connectivity index (χ3n) is 3.55. The molecule has 2 heterocycles. The van der Waals surface area contributed by atoms with Crippen molar-refractivity contribution in [3.05, 3.63) is 73.7 Å². The summed E-state index contributed by atoms with van der Waals surface area (Å²) in [4.78, 5) is 16.6. The second kappa shape index (κ2) is 6.00. The Kier molecular flexibility index (Phi) is 4.19. The Balaban J connectivity index is 2.62. The smallest absolute Gasteiger partial charge is 0.191 e. The molecule has 6 heteroatoms. The normalized spacial score (nSPS) is 11.0. The molecule has 3 rings (SSSR count). The molecule has 3 aromatic rings. The van der Waals surface area contributed by atoms with Gasteiger partial charge in [0.05, 0.1) is 37.4 Å². The molecule has 0 aliphatic rings. The summed E-state index contributed by atoms with van der Waals surface area (Å²) in [6.45, 7) is 5.50. The summed E-state index contributed by atoms with van der Waals surface area (Å²) in [5, 5.41) is 1.63. The molecule has 0 bridgehead atoms. The molecule has 2 aromatic heterocycles. The van der Waals surface area contributed by atoms with Gasteiger partial charge >= 0.3 is 0 Å². The maximum atomic E-state index is 12.5. The number of pyridine rings is 2. The Morgan fingerprint density at radius 3 is 2.43 bits per heavy atom. The van der Waals surface area contributed by atoms with Crippen LogP contribution in [-0.4, -0.2) is 9.55 Å². The number of aromatic nitrogens is 2. The highest BCUT2D eigenvalue weighted by atomic mass is 35.5. The van der Waals surface area contributed by atoms with E-state index in [1.54, 1.807) is 29.7 Å². The first-order valence-corrected chi connectivity index (χ1v) is 7.86. The van der Waals surface area contributed by atoms with Crippen LogP contribution in [0.4, 0.5) is 0 Å². The molecule has 0 atom stereocenters. The van der Waals surface area contributed by atoms with Crippen LogP contribution in [0.15, 0.2) is 41.8 Å². The number of rotatable bonds is 2. The van der Waals surface area contributed by atoms with Gasteiger partial charge < -0.3 is 4.57 Å². The minimum Gasteiger partial charge on any atom is -0.309 e. The van der Waals surface area contributed by atoms with Crippen molar-refractivity contribution in [1.29, 1.82) is 0 Å². The van der Waals surface area contributed by atoms with E-state index in [9.17, 15) is 4.79 Å². The van der Waals surface area contributed by atoms with Crippen LogP contribution >= 0.6 is 34.8 Å². The largest absolute Gasteiger partial charge is 0.309 e. The van der Waals surface area contributed by atoms with Gasteiger partial charge in [0.1, 0.15) is 0 Å². The van der Waals surface area contributed by atoms with Gasteiger partial charge in [-0.2, -0.15) is 0 Å². The first-order chi connectivity index (χ1) is 11.0. The van der Waals surface area contributed by atoms with Gasteiger partial charge in [0.15, 0.2) is 5.43 Å². The summed E-state index contributed by atoms with van der Waals surface area (Å²) in [7, 11) is 0. The van der Waals surface area contributed by atoms with Crippen LogP contribution in [-0.2, 0) is 0 Å². The summed E-state index contributed by atoms with van der Waals surface area (Å²) in [5.41, 5.74) is 2.03. The van der Waals surface area contributed by atoms with E-state index in [-0.39, 0.29) is 5.43 Å². The van der Waals surface area contributed by atoms with E-state index in [1.807, 2.05) is 0 Å². The molecule has 0 saturated carbocycles. The van der Waals surface area contributed by atoms with Crippen LogP contribution in [0.25, 0.3) is 22.7 Å². The average Bonchev–Trinajstić information content (AvgIpc) is 2.50. The topological polar surface area (TPSA) is 34.9 Å². The molecule has 0 unspecified atom stereocenters. The molecule has 0 radical (unpaired) electrons. The third kappa shape index (κ3) is 2.55. The third-order valence-corrected chi connectivity index (χ3v) is 4.44. The van der Waals surface area contributed by atoms with Crippen LogP contribution < -0.4 is 5.43 Å². The Morgan fingerprint density at radius 2 is 1.83 bits per heavy atom. The molecule has 0 amide bonds. The molecule has 0 spiro atoms. The monoisotopic (exact) mass is 364 g/mol. The van der Waals surface area contributed by atoms with Gasteiger partial charge in [-0.15, -0.1) is 0 Å². The molecule has 3 nitrogen and oxygen atoms in total. The van der Waals surface area contributed by atoms with Crippen molar-refractivity contribution in [3.8, 4) is 5.69 Å². The highest BCUT2D eigenvalue weighted by Gasteiger charge is 2.18. The van der Waals surface area contributed by atoms with E-state index in [0.29, 0.717) is 43.0 Å². The summed E-state index contributed by atoms with van der Waals surface area (Å²) in [6, 6.07) is 6.73. The Bertz CT molecular complexity index is 989. The highest BCUT2D eigenvalue weighted by molar-refractivity contribution is 6.38. The molecule has 23 heavy (non-hydrogen) atoms. The number of benzene rings is 1. The minimum atomic E-state index is -0.179. The van der Waals surface area contributed by atoms with E-state index >= 15 is 0 Å². The fraction of sp³-hybridized carbons (Fsp3) is 0.0588. The zero-order valence-electron chi connectivity index (χ0n) is 12.1. The van der Waals surface area contributed by atoms with Gasteiger partial charge in [0.25, 0.3) is 0 Å². The lowest BCUT2D eigenvalue weighted by Crippen LogP contribution is -2.13. The number of aryl methyl sites for hydroxylation is 1. The van der Waals surface area contributed by atoms with Crippen LogP contribution in [0.2, 0.25) is 15.1 Å². The first kappa shape index (κ1) is 16.1. The molecule has 0 aliphatic heterocycles. The maximum absolute atomic E-state index is 12.5. The number of para-hydroxylation sites is 1. The van der Waals surface area contributed by atoms with E-state index in [4.69, 9.17) is 34.8 Å². The molecule has 0 N–H and O–H groups in total. The van der Waals surface area contributed by atoms with E-state index in [2.05, 4.69) is 11.6 Å². The standard InChI is InChI=1S/C17H11Cl3N2O/c1-3-13-15-14(23)7-9(2)22(17(15)12(20)8-21-13)16-10(18)5-4-6-11(16)19/h3-8H,1H2,2H3. The maximum Gasteiger partial charge on any atom is 0.191 e. The number of nitrogens with zero attached hydrogens (tertiary/aromatic N) is 2. The number of hydrogen-bond donors (Lipinski definition) is 0. The molecule has 0 aliphatic carbocycles. The van der Waals surface area contributed by atoms with Crippen molar-refractivity contribution in [2.75, 3.05) is 0 Å². The predicted octanol–water partition coefficient (Wildman–Crippen LogP) is 5.30. The molecule has 0 saturated heterocycles. The second-order valence-electron chi connectivity index (χ2n) is 4.97. The van der Waals surface area contributed by atoms with Gasteiger partial charge in [0, 0.05) is 18.0 Å². The second-order valence-corrected chi connectivity index (χ2v) is 6.20. The SMILES string of the molecule is C=Cc1ncc(Cl)c2c1c(=O)cc(C)n2-c1c(Cl)cccc1Cl. The lowest BCUT2D eigenvalue weighted by atomic mass is 10.1. The summed E-state index contributed by atoms with van der Waals surface area (Å²) in [6.07, 6.45) is 3.01. The minimum absolute atomic E-state index is 0.179. The lowest BCUT2D eigenvalue weighted by Gasteiger charge is -2.18. The molecular weight excluding hydrogens is 355 g/mol. The fourth-order valence-electron chi connectivity index (χ4n) is 2.60. The van der Waals surface area contributed by atoms with Crippen LogP contribution in [0, 0.1) is 6.92 Å². The Labute approximate surface area is 147 Å².